The number of halogens is 2. The molecule has 25 heavy (non-hydrogen) atoms. The maximum atomic E-state index is 12.7. The van der Waals surface area contributed by atoms with Gasteiger partial charge in [-0.15, -0.1) is 0 Å². The predicted molar refractivity (Wildman–Crippen MR) is 93.5 cm³/mol. The van der Waals surface area contributed by atoms with E-state index in [1.165, 1.54) is 22.5 Å². The SMILES string of the molecule is CCCN(CC(F)F)C(=O)c1ccc(C)c(S(=O)(=O)N(CC)CC)c1. The molecule has 0 heterocycles. The quantitative estimate of drug-likeness (QED) is 0.665. The van der Waals surface area contributed by atoms with Crippen LogP contribution in [0, 0.1) is 6.92 Å². The van der Waals surface area contributed by atoms with E-state index >= 15 is 0 Å². The summed E-state index contributed by atoms with van der Waals surface area (Å²) < 4.78 is 52.2. The fraction of sp³-hybridized carbons (Fsp3) is 0.588. The molecule has 142 valence electrons. The van der Waals surface area contributed by atoms with Gasteiger partial charge >= 0.3 is 0 Å². The lowest BCUT2D eigenvalue weighted by Gasteiger charge is -2.23. The minimum absolute atomic E-state index is 0.0375. The van der Waals surface area contributed by atoms with E-state index in [1.54, 1.807) is 27.7 Å². The highest BCUT2D eigenvalue weighted by molar-refractivity contribution is 7.89. The molecule has 0 aliphatic carbocycles. The number of aryl methyl sites for hydroxylation is 1. The molecule has 0 aliphatic heterocycles. The number of alkyl halides is 2. The van der Waals surface area contributed by atoms with Gasteiger partial charge in [0.05, 0.1) is 11.4 Å². The van der Waals surface area contributed by atoms with Gasteiger partial charge in [0, 0.05) is 25.2 Å². The average Bonchev–Trinajstić information content (AvgIpc) is 2.54. The normalized spacial score (nSPS) is 12.0. The van der Waals surface area contributed by atoms with Gasteiger partial charge in [-0.3, -0.25) is 4.79 Å². The van der Waals surface area contributed by atoms with Crippen LogP contribution in [-0.4, -0.2) is 56.1 Å². The van der Waals surface area contributed by atoms with E-state index in [2.05, 4.69) is 0 Å². The number of rotatable bonds is 9. The van der Waals surface area contributed by atoms with Gasteiger partial charge in [-0.2, -0.15) is 4.31 Å². The molecule has 1 amide bonds. The zero-order valence-corrected chi connectivity index (χ0v) is 15.9. The molecule has 1 aromatic carbocycles. The van der Waals surface area contributed by atoms with Crippen LogP contribution in [0.15, 0.2) is 23.1 Å². The first-order valence-electron chi connectivity index (χ1n) is 8.37. The maximum Gasteiger partial charge on any atom is 0.255 e. The van der Waals surface area contributed by atoms with Gasteiger partial charge in [0.2, 0.25) is 10.0 Å². The van der Waals surface area contributed by atoms with Crippen LogP contribution in [0.5, 0.6) is 0 Å². The molecule has 0 saturated heterocycles. The molecule has 0 aliphatic rings. The van der Waals surface area contributed by atoms with E-state index in [9.17, 15) is 22.0 Å². The van der Waals surface area contributed by atoms with E-state index in [0.717, 1.165) is 4.90 Å². The third-order valence-corrected chi connectivity index (χ3v) is 6.09. The van der Waals surface area contributed by atoms with E-state index in [0.29, 0.717) is 25.1 Å². The Bertz CT molecular complexity index is 689. The lowest BCUT2D eigenvalue weighted by atomic mass is 10.1. The van der Waals surface area contributed by atoms with Crippen LogP contribution < -0.4 is 0 Å². The monoisotopic (exact) mass is 376 g/mol. The Labute approximate surface area is 148 Å². The minimum Gasteiger partial charge on any atom is -0.333 e. The van der Waals surface area contributed by atoms with Gasteiger partial charge in [0.25, 0.3) is 12.3 Å². The number of carbonyl (C=O) groups excluding carboxylic acids is 1. The summed E-state index contributed by atoms with van der Waals surface area (Å²) in [6, 6.07) is 4.31. The number of benzene rings is 1. The Morgan fingerprint density at radius 1 is 1.16 bits per heavy atom. The molecule has 0 spiro atoms. The molecule has 0 radical (unpaired) electrons. The van der Waals surface area contributed by atoms with Crippen molar-refractivity contribution in [3.05, 3.63) is 29.3 Å². The highest BCUT2D eigenvalue weighted by Crippen LogP contribution is 2.22. The molecule has 0 atom stereocenters. The van der Waals surface area contributed by atoms with Crippen molar-refractivity contribution in [3.63, 3.8) is 0 Å². The van der Waals surface area contributed by atoms with Gasteiger partial charge in [0.15, 0.2) is 0 Å². The number of hydrogen-bond donors (Lipinski definition) is 0. The van der Waals surface area contributed by atoms with E-state index < -0.39 is 28.9 Å². The summed E-state index contributed by atoms with van der Waals surface area (Å²) in [4.78, 5) is 13.7. The second-order valence-corrected chi connectivity index (χ2v) is 7.62. The first-order valence-corrected chi connectivity index (χ1v) is 9.81. The average molecular weight is 376 g/mol. The highest BCUT2D eigenvalue weighted by atomic mass is 32.2. The number of carbonyl (C=O) groups is 1. The largest absolute Gasteiger partial charge is 0.333 e. The molecule has 1 rings (SSSR count). The summed E-state index contributed by atoms with van der Waals surface area (Å²) in [5.41, 5.74) is 0.616. The first-order chi connectivity index (χ1) is 11.7. The Morgan fingerprint density at radius 3 is 2.24 bits per heavy atom. The fourth-order valence-electron chi connectivity index (χ4n) is 2.61. The topological polar surface area (TPSA) is 57.7 Å². The molecule has 8 heteroatoms. The van der Waals surface area contributed by atoms with E-state index in [4.69, 9.17) is 0 Å². The Hall–Kier alpha value is -1.54. The van der Waals surface area contributed by atoms with Crippen LogP contribution >= 0.6 is 0 Å². The summed E-state index contributed by atoms with van der Waals surface area (Å²) in [7, 11) is -3.73. The third kappa shape index (κ3) is 5.22. The van der Waals surface area contributed by atoms with Crippen molar-refractivity contribution in [3.8, 4) is 0 Å². The van der Waals surface area contributed by atoms with Crippen LogP contribution in [-0.2, 0) is 10.0 Å². The van der Waals surface area contributed by atoms with Crippen LogP contribution in [0.2, 0.25) is 0 Å². The second-order valence-electron chi connectivity index (χ2n) is 5.71. The van der Waals surface area contributed by atoms with Crippen molar-refractivity contribution < 1.29 is 22.0 Å². The maximum absolute atomic E-state index is 12.7. The van der Waals surface area contributed by atoms with Gasteiger partial charge in [-0.25, -0.2) is 17.2 Å². The third-order valence-electron chi connectivity index (χ3n) is 3.90. The molecule has 0 saturated carbocycles. The molecule has 0 unspecified atom stereocenters. The molecule has 0 bridgehead atoms. The van der Waals surface area contributed by atoms with Crippen LogP contribution in [0.1, 0.15) is 43.1 Å². The molecule has 0 fully saturated rings. The molecule has 1 aromatic rings. The molecule has 5 nitrogen and oxygen atoms in total. The summed E-state index contributed by atoms with van der Waals surface area (Å²) in [5.74, 6) is -0.585. The van der Waals surface area contributed by atoms with Crippen molar-refractivity contribution >= 4 is 15.9 Å². The summed E-state index contributed by atoms with van der Waals surface area (Å²) in [6.07, 6.45) is -2.10. The lowest BCUT2D eigenvalue weighted by molar-refractivity contribution is 0.0555. The minimum atomic E-state index is -3.73. The van der Waals surface area contributed by atoms with E-state index in [-0.39, 0.29) is 17.0 Å². The fourth-order valence-corrected chi connectivity index (χ4v) is 4.32. The van der Waals surface area contributed by atoms with Crippen LogP contribution in [0.25, 0.3) is 0 Å². The number of nitrogens with zero attached hydrogens (tertiary/aromatic N) is 2. The van der Waals surface area contributed by atoms with E-state index in [1.807, 2.05) is 0 Å². The van der Waals surface area contributed by atoms with Crippen molar-refractivity contribution in [1.82, 2.24) is 9.21 Å². The number of hydrogen-bond acceptors (Lipinski definition) is 3. The van der Waals surface area contributed by atoms with Crippen molar-refractivity contribution in [2.75, 3.05) is 26.2 Å². The van der Waals surface area contributed by atoms with Gasteiger partial charge in [-0.05, 0) is 31.0 Å². The van der Waals surface area contributed by atoms with Gasteiger partial charge in [0.1, 0.15) is 0 Å². The molecular weight excluding hydrogens is 350 g/mol. The number of sulfonamides is 1. The zero-order valence-electron chi connectivity index (χ0n) is 15.1. The standard InChI is InChI=1S/C17H26F2N2O3S/c1-5-10-20(12-16(18)19)17(22)14-9-8-13(4)15(11-14)25(23,24)21(6-2)7-3/h8-9,11,16H,5-7,10,12H2,1-4H3. The van der Waals surface area contributed by atoms with Gasteiger partial charge < -0.3 is 4.90 Å². The van der Waals surface area contributed by atoms with Crippen LogP contribution in [0.3, 0.4) is 0 Å². The predicted octanol–water partition coefficient (Wildman–Crippen LogP) is 3.14. The van der Waals surface area contributed by atoms with Gasteiger partial charge in [-0.1, -0.05) is 26.8 Å². The number of amides is 1. The van der Waals surface area contributed by atoms with Crippen molar-refractivity contribution in [1.29, 1.82) is 0 Å². The first kappa shape index (κ1) is 21.5. The summed E-state index contributed by atoms with van der Waals surface area (Å²) in [5, 5.41) is 0. The van der Waals surface area contributed by atoms with Crippen molar-refractivity contribution in [2.45, 2.75) is 45.4 Å². The summed E-state index contributed by atoms with van der Waals surface area (Å²) in [6.45, 7) is 7.04. The zero-order chi connectivity index (χ0) is 19.2. The molecule has 0 N–H and O–H groups in total. The molecular formula is C17H26F2N2O3S. The van der Waals surface area contributed by atoms with Crippen molar-refractivity contribution in [2.24, 2.45) is 0 Å². The Kier molecular flexibility index (Phi) is 7.95. The second kappa shape index (κ2) is 9.24. The van der Waals surface area contributed by atoms with Crippen LogP contribution in [0.4, 0.5) is 8.78 Å². The Balaban J connectivity index is 3.30. The lowest BCUT2D eigenvalue weighted by Crippen LogP contribution is -2.36. The highest BCUT2D eigenvalue weighted by Gasteiger charge is 2.26. The summed E-state index contributed by atoms with van der Waals surface area (Å²) >= 11 is 0. The smallest absolute Gasteiger partial charge is 0.255 e. The Morgan fingerprint density at radius 2 is 1.76 bits per heavy atom. The molecule has 0 aromatic heterocycles.